The number of nitrogens with zero attached hydrogens (tertiary/aromatic N) is 1. The van der Waals surface area contributed by atoms with Gasteiger partial charge in [-0.1, -0.05) is 25.0 Å². The third-order valence-electron chi connectivity index (χ3n) is 4.40. The van der Waals surface area contributed by atoms with Crippen LogP contribution < -0.4 is 10.8 Å². The van der Waals surface area contributed by atoms with Gasteiger partial charge in [-0.2, -0.15) is 0 Å². The molecule has 0 radical (unpaired) electrons. The molecular formula is C20H24N4O2. The molecule has 2 aromatic heterocycles. The third-order valence-corrected chi connectivity index (χ3v) is 4.40. The number of nitrogens with one attached hydrogen (secondary N) is 3. The van der Waals surface area contributed by atoms with Gasteiger partial charge in [-0.05, 0) is 42.5 Å². The minimum atomic E-state index is -0.315. The lowest BCUT2D eigenvalue weighted by molar-refractivity contribution is -0.129. The van der Waals surface area contributed by atoms with Crippen molar-refractivity contribution in [2.75, 3.05) is 11.9 Å². The molecule has 3 aromatic rings. The lowest BCUT2D eigenvalue weighted by atomic mass is 10.1. The Kier molecular flexibility index (Phi) is 6.22. The van der Waals surface area contributed by atoms with Crippen LogP contribution in [-0.4, -0.2) is 27.6 Å². The Balaban J connectivity index is 1.42. The van der Waals surface area contributed by atoms with Crippen molar-refractivity contribution in [3.63, 3.8) is 0 Å². The van der Waals surface area contributed by atoms with Crippen molar-refractivity contribution >= 4 is 22.5 Å². The Morgan fingerprint density at radius 1 is 1.08 bits per heavy atom. The molecule has 3 rings (SSSR count). The first kappa shape index (κ1) is 17.9. The highest BCUT2D eigenvalue weighted by Crippen LogP contribution is 2.23. The number of pyridine rings is 1. The van der Waals surface area contributed by atoms with E-state index in [1.165, 1.54) is 5.39 Å². The summed E-state index contributed by atoms with van der Waals surface area (Å²) in [6, 6.07) is 12.4. The summed E-state index contributed by atoms with van der Waals surface area (Å²) >= 11 is 0. The number of carbonyl (C=O) groups excluding carboxylic acids is 1. The topological polar surface area (TPSA) is 90.0 Å². The van der Waals surface area contributed by atoms with E-state index >= 15 is 0 Å². The predicted molar refractivity (Wildman–Crippen MR) is 103 cm³/mol. The first-order valence-corrected chi connectivity index (χ1v) is 8.96. The fraction of sp³-hybridized carbons (Fsp3) is 0.300. The van der Waals surface area contributed by atoms with Gasteiger partial charge in [-0.15, -0.1) is 0 Å². The van der Waals surface area contributed by atoms with Gasteiger partial charge in [0.1, 0.15) is 0 Å². The van der Waals surface area contributed by atoms with Gasteiger partial charge in [0, 0.05) is 30.2 Å². The highest BCUT2D eigenvalue weighted by Gasteiger charge is 2.02. The maximum absolute atomic E-state index is 10.9. The van der Waals surface area contributed by atoms with Crippen molar-refractivity contribution in [1.82, 2.24) is 15.4 Å². The Hall–Kier alpha value is -2.86. The highest BCUT2D eigenvalue weighted by molar-refractivity contribution is 5.84. The van der Waals surface area contributed by atoms with Gasteiger partial charge in [0.2, 0.25) is 5.91 Å². The zero-order valence-electron chi connectivity index (χ0n) is 14.7. The van der Waals surface area contributed by atoms with Crippen molar-refractivity contribution in [3.05, 3.63) is 48.8 Å². The van der Waals surface area contributed by atoms with E-state index in [9.17, 15) is 4.79 Å². The molecular weight excluding hydrogens is 328 g/mol. The van der Waals surface area contributed by atoms with E-state index in [0.717, 1.165) is 54.7 Å². The molecule has 4 N–H and O–H groups in total. The number of hydroxylamine groups is 1. The Bertz CT molecular complexity index is 842. The van der Waals surface area contributed by atoms with Crippen LogP contribution in [0.3, 0.4) is 0 Å². The fourth-order valence-corrected chi connectivity index (χ4v) is 2.93. The number of aromatic nitrogens is 2. The normalized spacial score (nSPS) is 10.8. The number of benzene rings is 1. The standard InChI is InChI=1S/C20H24N4O2/c25-20(24-26)5-3-1-2-4-11-21-17-8-9-18(23-14-17)16-7-6-15-10-12-22-19(15)13-16/h6-10,12-14,21-22,26H,1-5,11H2,(H,24,25). The van der Waals surface area contributed by atoms with Crippen LogP contribution in [0.4, 0.5) is 5.69 Å². The number of hydrogen-bond acceptors (Lipinski definition) is 4. The number of fused-ring (bicyclic) bond motifs is 1. The first-order valence-electron chi connectivity index (χ1n) is 8.96. The van der Waals surface area contributed by atoms with E-state index in [1.54, 1.807) is 5.48 Å². The van der Waals surface area contributed by atoms with Crippen LogP contribution in [0.5, 0.6) is 0 Å². The zero-order chi connectivity index (χ0) is 18.2. The molecule has 1 amide bonds. The van der Waals surface area contributed by atoms with E-state index in [4.69, 9.17) is 5.21 Å². The summed E-state index contributed by atoms with van der Waals surface area (Å²) in [4.78, 5) is 18.7. The third kappa shape index (κ3) is 4.83. The summed E-state index contributed by atoms with van der Waals surface area (Å²) < 4.78 is 0. The van der Waals surface area contributed by atoms with E-state index in [-0.39, 0.29) is 5.91 Å². The maximum atomic E-state index is 10.9. The van der Waals surface area contributed by atoms with E-state index in [2.05, 4.69) is 39.6 Å². The molecule has 0 aliphatic carbocycles. The lowest BCUT2D eigenvalue weighted by Gasteiger charge is -2.07. The number of H-pyrrole nitrogens is 1. The largest absolute Gasteiger partial charge is 0.384 e. The quantitative estimate of drug-likeness (QED) is 0.265. The van der Waals surface area contributed by atoms with Crippen LogP contribution in [0.2, 0.25) is 0 Å². The van der Waals surface area contributed by atoms with Gasteiger partial charge in [0.25, 0.3) is 0 Å². The van der Waals surface area contributed by atoms with Gasteiger partial charge >= 0.3 is 0 Å². The van der Waals surface area contributed by atoms with Crippen LogP contribution in [0.15, 0.2) is 48.8 Å². The van der Waals surface area contributed by atoms with Crippen LogP contribution in [-0.2, 0) is 4.79 Å². The minimum Gasteiger partial charge on any atom is -0.384 e. The molecule has 0 aliphatic rings. The first-order chi connectivity index (χ1) is 12.8. The van der Waals surface area contributed by atoms with Crippen LogP contribution in [0.25, 0.3) is 22.2 Å². The molecule has 0 aliphatic heterocycles. The van der Waals surface area contributed by atoms with Gasteiger partial charge in [-0.3, -0.25) is 15.0 Å². The van der Waals surface area contributed by atoms with Gasteiger partial charge in [0.15, 0.2) is 0 Å². The van der Waals surface area contributed by atoms with Crippen molar-refractivity contribution in [3.8, 4) is 11.3 Å². The molecule has 26 heavy (non-hydrogen) atoms. The molecule has 0 fully saturated rings. The van der Waals surface area contributed by atoms with Gasteiger partial charge in [-0.25, -0.2) is 5.48 Å². The zero-order valence-corrected chi connectivity index (χ0v) is 14.7. The van der Waals surface area contributed by atoms with Crippen molar-refractivity contribution in [2.45, 2.75) is 32.1 Å². The number of aromatic amines is 1. The van der Waals surface area contributed by atoms with E-state index < -0.39 is 0 Å². The number of rotatable bonds is 9. The fourth-order valence-electron chi connectivity index (χ4n) is 2.93. The molecule has 1 aromatic carbocycles. The van der Waals surface area contributed by atoms with Crippen LogP contribution in [0.1, 0.15) is 32.1 Å². The molecule has 136 valence electrons. The molecule has 0 spiro atoms. The minimum absolute atomic E-state index is 0.315. The van der Waals surface area contributed by atoms with Gasteiger partial charge < -0.3 is 10.3 Å². The molecule has 0 saturated carbocycles. The maximum Gasteiger partial charge on any atom is 0.243 e. The molecule has 0 saturated heterocycles. The SMILES string of the molecule is O=C(CCCCCCNc1ccc(-c2ccc3cc[nH]c3c2)nc1)NO. The van der Waals surface area contributed by atoms with Crippen LogP contribution in [0, 0.1) is 0 Å². The number of hydrogen-bond donors (Lipinski definition) is 4. The molecule has 6 nitrogen and oxygen atoms in total. The van der Waals surface area contributed by atoms with Crippen molar-refractivity contribution < 1.29 is 10.0 Å². The van der Waals surface area contributed by atoms with Crippen molar-refractivity contribution in [2.24, 2.45) is 0 Å². The Labute approximate surface area is 152 Å². The smallest absolute Gasteiger partial charge is 0.243 e. The summed E-state index contributed by atoms with van der Waals surface area (Å²) in [6.45, 7) is 0.877. The molecule has 0 unspecified atom stereocenters. The molecule has 0 bridgehead atoms. The number of anilines is 1. The predicted octanol–water partition coefficient (Wildman–Crippen LogP) is 4.10. The summed E-state index contributed by atoms with van der Waals surface area (Å²) in [5.41, 5.74) is 5.82. The summed E-state index contributed by atoms with van der Waals surface area (Å²) in [6.07, 6.45) is 8.04. The monoisotopic (exact) mass is 352 g/mol. The highest BCUT2D eigenvalue weighted by atomic mass is 16.5. The second-order valence-corrected chi connectivity index (χ2v) is 6.34. The average Bonchev–Trinajstić information content (AvgIpc) is 3.15. The number of carbonyl (C=O) groups is 1. The van der Waals surface area contributed by atoms with E-state index in [1.807, 2.05) is 24.5 Å². The summed E-state index contributed by atoms with van der Waals surface area (Å²) in [5.74, 6) is -0.315. The van der Waals surface area contributed by atoms with Crippen LogP contribution >= 0.6 is 0 Å². The second kappa shape index (κ2) is 9.01. The van der Waals surface area contributed by atoms with E-state index in [0.29, 0.717) is 6.42 Å². The average molecular weight is 352 g/mol. The Morgan fingerprint density at radius 3 is 2.77 bits per heavy atom. The number of unbranched alkanes of at least 4 members (excludes halogenated alkanes) is 3. The van der Waals surface area contributed by atoms with Gasteiger partial charge in [0.05, 0.1) is 17.6 Å². The molecule has 6 heteroatoms. The molecule has 0 atom stereocenters. The lowest BCUT2D eigenvalue weighted by Crippen LogP contribution is -2.17. The Morgan fingerprint density at radius 2 is 1.96 bits per heavy atom. The number of amides is 1. The molecule has 2 heterocycles. The summed E-state index contributed by atoms with van der Waals surface area (Å²) in [5, 5.41) is 13.0. The summed E-state index contributed by atoms with van der Waals surface area (Å²) in [7, 11) is 0. The van der Waals surface area contributed by atoms with Crippen molar-refractivity contribution in [1.29, 1.82) is 0 Å². The second-order valence-electron chi connectivity index (χ2n) is 6.34.